The Balaban J connectivity index is 0.00000392. The van der Waals surface area contributed by atoms with E-state index in [9.17, 15) is 18.0 Å². The fourth-order valence-electron chi connectivity index (χ4n) is 3.23. The highest BCUT2D eigenvalue weighted by molar-refractivity contribution is 14.0. The van der Waals surface area contributed by atoms with Crippen LogP contribution in [0, 0.1) is 5.92 Å². The summed E-state index contributed by atoms with van der Waals surface area (Å²) in [6, 6.07) is 0. The average molecular weight is 521 g/mol. The molecule has 0 aliphatic carbocycles. The SMILES string of the molecule is CC(C)(C)OC(=O)N1CCN(C(N)=NCC2CCN(CC(F)(F)F)C2)CC1.I. The molecule has 2 N–H and O–H groups in total. The van der Waals surface area contributed by atoms with E-state index in [1.54, 1.807) is 4.90 Å². The van der Waals surface area contributed by atoms with Crippen LogP contribution in [0.25, 0.3) is 0 Å². The van der Waals surface area contributed by atoms with E-state index in [0.717, 1.165) is 0 Å². The number of nitrogens with two attached hydrogens (primary N) is 1. The number of hydrogen-bond donors (Lipinski definition) is 1. The molecule has 2 fully saturated rings. The Morgan fingerprint density at radius 1 is 1.11 bits per heavy atom. The van der Waals surface area contributed by atoms with Gasteiger partial charge in [0.2, 0.25) is 0 Å². The smallest absolute Gasteiger partial charge is 0.410 e. The zero-order chi connectivity index (χ0) is 20.2. The van der Waals surface area contributed by atoms with Gasteiger partial charge in [-0.2, -0.15) is 13.2 Å². The van der Waals surface area contributed by atoms with Crippen molar-refractivity contribution in [2.75, 3.05) is 52.4 Å². The third-order valence-corrected chi connectivity index (χ3v) is 4.54. The lowest BCUT2D eigenvalue weighted by molar-refractivity contribution is -0.143. The minimum atomic E-state index is -4.16. The average Bonchev–Trinajstić information content (AvgIpc) is 2.96. The molecule has 1 atom stereocenters. The Morgan fingerprint density at radius 3 is 2.21 bits per heavy atom. The predicted molar refractivity (Wildman–Crippen MR) is 112 cm³/mol. The number of amides is 1. The topological polar surface area (TPSA) is 74.4 Å². The molecule has 0 aromatic heterocycles. The molecular weight excluding hydrogens is 490 g/mol. The largest absolute Gasteiger partial charge is 0.444 e. The lowest BCUT2D eigenvalue weighted by Crippen LogP contribution is -2.53. The van der Waals surface area contributed by atoms with Gasteiger partial charge in [0.15, 0.2) is 5.96 Å². The van der Waals surface area contributed by atoms with Gasteiger partial charge in [-0.05, 0) is 39.7 Å². The van der Waals surface area contributed by atoms with E-state index in [1.165, 1.54) is 4.90 Å². The summed E-state index contributed by atoms with van der Waals surface area (Å²) >= 11 is 0. The van der Waals surface area contributed by atoms with Gasteiger partial charge < -0.3 is 20.3 Å². The maximum absolute atomic E-state index is 12.4. The second-order valence-corrected chi connectivity index (χ2v) is 8.16. The first-order chi connectivity index (χ1) is 12.4. The number of halogens is 4. The van der Waals surface area contributed by atoms with Crippen LogP contribution >= 0.6 is 24.0 Å². The number of piperazine rings is 1. The monoisotopic (exact) mass is 521 g/mol. The number of ether oxygens (including phenoxy) is 1. The zero-order valence-corrected chi connectivity index (χ0v) is 19.0. The van der Waals surface area contributed by atoms with Gasteiger partial charge in [-0.3, -0.25) is 9.89 Å². The first kappa shape index (κ1) is 25.1. The number of hydrogen-bond acceptors (Lipinski definition) is 4. The second-order valence-electron chi connectivity index (χ2n) is 8.16. The highest BCUT2D eigenvalue weighted by atomic mass is 127. The summed E-state index contributed by atoms with van der Waals surface area (Å²) in [6.07, 6.45) is -3.81. The Morgan fingerprint density at radius 2 is 1.68 bits per heavy atom. The van der Waals surface area contributed by atoms with Crippen molar-refractivity contribution in [3.05, 3.63) is 0 Å². The second kappa shape index (κ2) is 10.2. The standard InChI is InChI=1S/C17H30F3N5O2.HI/c1-16(2,3)27-15(26)25-8-6-24(7-9-25)14(21)22-10-13-4-5-23(11-13)12-17(18,19)20;/h13H,4-12H2,1-3H3,(H2,21,22);1H. The predicted octanol–water partition coefficient (Wildman–Crippen LogP) is 2.36. The molecule has 2 saturated heterocycles. The molecule has 0 radical (unpaired) electrons. The molecule has 2 rings (SSSR count). The molecule has 2 heterocycles. The first-order valence-electron chi connectivity index (χ1n) is 9.25. The summed E-state index contributed by atoms with van der Waals surface area (Å²) in [7, 11) is 0. The van der Waals surface area contributed by atoms with E-state index in [-0.39, 0.29) is 36.0 Å². The molecule has 7 nitrogen and oxygen atoms in total. The van der Waals surface area contributed by atoms with E-state index in [2.05, 4.69) is 4.99 Å². The Bertz CT molecular complexity index is 546. The van der Waals surface area contributed by atoms with Gasteiger partial charge in [0.25, 0.3) is 0 Å². The highest BCUT2D eigenvalue weighted by Crippen LogP contribution is 2.23. The molecule has 0 saturated carbocycles. The van der Waals surface area contributed by atoms with Crippen molar-refractivity contribution in [2.24, 2.45) is 16.6 Å². The number of aliphatic imine (C=N–C) groups is 1. The van der Waals surface area contributed by atoms with Crippen molar-refractivity contribution in [1.29, 1.82) is 0 Å². The van der Waals surface area contributed by atoms with E-state index < -0.39 is 18.3 Å². The van der Waals surface area contributed by atoms with Crippen LogP contribution in [0.5, 0.6) is 0 Å². The highest BCUT2D eigenvalue weighted by Gasteiger charge is 2.34. The number of guanidine groups is 1. The summed E-state index contributed by atoms with van der Waals surface area (Å²) in [4.78, 5) is 21.4. The van der Waals surface area contributed by atoms with E-state index in [0.29, 0.717) is 58.2 Å². The Kier molecular flexibility index (Phi) is 9.10. The summed E-state index contributed by atoms with van der Waals surface area (Å²) in [5.41, 5.74) is 5.50. The molecule has 1 amide bonds. The van der Waals surface area contributed by atoms with Gasteiger partial charge in [0.05, 0.1) is 6.54 Å². The van der Waals surface area contributed by atoms with Crippen molar-refractivity contribution in [2.45, 2.75) is 39.0 Å². The lowest BCUT2D eigenvalue weighted by Gasteiger charge is -2.36. The summed E-state index contributed by atoms with van der Waals surface area (Å²) in [6.45, 7) is 7.96. The minimum Gasteiger partial charge on any atom is -0.444 e. The van der Waals surface area contributed by atoms with E-state index in [4.69, 9.17) is 10.5 Å². The summed E-state index contributed by atoms with van der Waals surface area (Å²) < 4.78 is 42.7. The van der Waals surface area contributed by atoms with Gasteiger partial charge in [-0.1, -0.05) is 0 Å². The minimum absolute atomic E-state index is 0. The number of nitrogens with zero attached hydrogens (tertiary/aromatic N) is 4. The molecule has 0 aromatic carbocycles. The summed E-state index contributed by atoms with van der Waals surface area (Å²) in [5.74, 6) is 0.474. The molecule has 2 aliphatic rings. The van der Waals surface area contributed by atoms with Crippen LogP contribution in [-0.2, 0) is 4.74 Å². The number of carbonyl (C=O) groups is 1. The molecule has 164 valence electrons. The lowest BCUT2D eigenvalue weighted by atomic mass is 10.1. The molecule has 1 unspecified atom stereocenters. The number of likely N-dealkylation sites (tertiary alicyclic amines) is 1. The molecule has 2 aliphatic heterocycles. The van der Waals surface area contributed by atoms with Gasteiger partial charge in [0.1, 0.15) is 5.60 Å². The van der Waals surface area contributed by atoms with Gasteiger partial charge >= 0.3 is 12.3 Å². The van der Waals surface area contributed by atoms with Gasteiger partial charge in [-0.25, -0.2) is 4.79 Å². The van der Waals surface area contributed by atoms with Crippen molar-refractivity contribution in [1.82, 2.24) is 14.7 Å². The number of rotatable bonds is 3. The Labute approximate surface area is 181 Å². The third-order valence-electron chi connectivity index (χ3n) is 4.54. The Hall–Kier alpha value is -0.980. The van der Waals surface area contributed by atoms with Crippen molar-refractivity contribution in [3.8, 4) is 0 Å². The van der Waals surface area contributed by atoms with Crippen LogP contribution in [0.2, 0.25) is 0 Å². The molecule has 28 heavy (non-hydrogen) atoms. The maximum atomic E-state index is 12.4. The molecule has 11 heteroatoms. The molecule has 0 bridgehead atoms. The quantitative estimate of drug-likeness (QED) is 0.351. The molecule has 0 spiro atoms. The summed E-state index contributed by atoms with van der Waals surface area (Å²) in [5, 5.41) is 0. The van der Waals surface area contributed by atoms with Crippen LogP contribution in [0.15, 0.2) is 4.99 Å². The fraction of sp³-hybridized carbons (Fsp3) is 0.882. The maximum Gasteiger partial charge on any atom is 0.410 e. The van der Waals surface area contributed by atoms with E-state index >= 15 is 0 Å². The normalized spacial score (nSPS) is 22.2. The third kappa shape index (κ3) is 8.58. The molecule has 0 aromatic rings. The van der Waals surface area contributed by atoms with Crippen molar-refractivity contribution in [3.63, 3.8) is 0 Å². The number of carbonyl (C=O) groups excluding carboxylic acids is 1. The van der Waals surface area contributed by atoms with Gasteiger partial charge in [-0.15, -0.1) is 24.0 Å². The fourth-order valence-corrected chi connectivity index (χ4v) is 3.23. The van der Waals surface area contributed by atoms with Crippen LogP contribution in [0.3, 0.4) is 0 Å². The van der Waals surface area contributed by atoms with E-state index in [1.807, 2.05) is 25.7 Å². The first-order valence-corrected chi connectivity index (χ1v) is 9.25. The van der Waals surface area contributed by atoms with Gasteiger partial charge in [0, 0.05) is 39.3 Å². The van der Waals surface area contributed by atoms with Crippen LogP contribution in [0.1, 0.15) is 27.2 Å². The van der Waals surface area contributed by atoms with Crippen LogP contribution in [-0.4, -0.2) is 90.9 Å². The zero-order valence-electron chi connectivity index (χ0n) is 16.7. The van der Waals surface area contributed by atoms with Crippen molar-refractivity contribution < 1.29 is 22.7 Å². The van der Waals surface area contributed by atoms with Crippen molar-refractivity contribution >= 4 is 36.0 Å². The van der Waals surface area contributed by atoms with Crippen LogP contribution in [0.4, 0.5) is 18.0 Å². The van der Waals surface area contributed by atoms with Crippen LogP contribution < -0.4 is 5.73 Å². The molecular formula is C17H31F3IN5O2. The number of alkyl halides is 3.